The SMILES string of the molecule is FC(F)(F)c1ccc(CN2CC(COc3ccccc3)C2)cc1. The van der Waals surface area contributed by atoms with E-state index in [1.54, 1.807) is 12.1 Å². The number of hydrogen-bond acceptors (Lipinski definition) is 2. The molecule has 0 unspecified atom stereocenters. The lowest BCUT2D eigenvalue weighted by molar-refractivity contribution is -0.137. The van der Waals surface area contributed by atoms with Gasteiger partial charge in [0.15, 0.2) is 0 Å². The molecule has 1 heterocycles. The summed E-state index contributed by atoms with van der Waals surface area (Å²) in [6.45, 7) is 3.18. The molecule has 0 radical (unpaired) electrons. The highest BCUT2D eigenvalue weighted by atomic mass is 19.4. The smallest absolute Gasteiger partial charge is 0.416 e. The quantitative estimate of drug-likeness (QED) is 0.818. The van der Waals surface area contributed by atoms with E-state index in [0.29, 0.717) is 19.1 Å². The molecule has 2 nitrogen and oxygen atoms in total. The number of para-hydroxylation sites is 1. The Morgan fingerprint density at radius 2 is 1.61 bits per heavy atom. The van der Waals surface area contributed by atoms with Crippen molar-refractivity contribution >= 4 is 0 Å². The van der Waals surface area contributed by atoms with Gasteiger partial charge in [0, 0.05) is 25.6 Å². The Hall–Kier alpha value is -2.01. The molecule has 23 heavy (non-hydrogen) atoms. The highest BCUT2D eigenvalue weighted by Crippen LogP contribution is 2.29. The predicted octanol–water partition coefficient (Wildman–Crippen LogP) is 4.22. The van der Waals surface area contributed by atoms with Gasteiger partial charge in [0.05, 0.1) is 12.2 Å². The fourth-order valence-electron chi connectivity index (χ4n) is 2.70. The van der Waals surface area contributed by atoms with Gasteiger partial charge < -0.3 is 4.74 Å². The van der Waals surface area contributed by atoms with Crippen molar-refractivity contribution in [2.45, 2.75) is 12.7 Å². The molecule has 0 aliphatic carbocycles. The van der Waals surface area contributed by atoms with Gasteiger partial charge in [0.1, 0.15) is 5.75 Å². The second kappa shape index (κ2) is 6.62. The molecule has 0 bridgehead atoms. The van der Waals surface area contributed by atoms with Crippen LogP contribution in [0.25, 0.3) is 0 Å². The summed E-state index contributed by atoms with van der Waals surface area (Å²) < 4.78 is 43.2. The fraction of sp³-hybridized carbons (Fsp3) is 0.333. The van der Waals surface area contributed by atoms with Crippen molar-refractivity contribution < 1.29 is 17.9 Å². The van der Waals surface area contributed by atoms with E-state index in [-0.39, 0.29) is 0 Å². The van der Waals surface area contributed by atoms with Gasteiger partial charge in [-0.15, -0.1) is 0 Å². The number of benzene rings is 2. The van der Waals surface area contributed by atoms with E-state index >= 15 is 0 Å². The van der Waals surface area contributed by atoms with E-state index in [9.17, 15) is 13.2 Å². The van der Waals surface area contributed by atoms with Crippen LogP contribution < -0.4 is 4.74 Å². The van der Waals surface area contributed by atoms with E-state index < -0.39 is 11.7 Å². The first-order valence-electron chi connectivity index (χ1n) is 7.57. The number of ether oxygens (including phenoxy) is 1. The van der Waals surface area contributed by atoms with E-state index in [2.05, 4.69) is 4.90 Å². The Labute approximate surface area is 133 Å². The summed E-state index contributed by atoms with van der Waals surface area (Å²) in [5.41, 5.74) is 0.305. The lowest BCUT2D eigenvalue weighted by Crippen LogP contribution is -2.48. The van der Waals surface area contributed by atoms with E-state index in [4.69, 9.17) is 4.74 Å². The molecule has 1 fully saturated rings. The van der Waals surface area contributed by atoms with E-state index in [1.165, 1.54) is 0 Å². The molecule has 1 aliphatic heterocycles. The maximum absolute atomic E-state index is 12.5. The van der Waals surface area contributed by atoms with Crippen molar-refractivity contribution in [3.63, 3.8) is 0 Å². The third-order valence-corrected chi connectivity index (χ3v) is 3.95. The lowest BCUT2D eigenvalue weighted by atomic mass is 10.00. The summed E-state index contributed by atoms with van der Waals surface area (Å²) in [4.78, 5) is 2.21. The van der Waals surface area contributed by atoms with Gasteiger partial charge >= 0.3 is 6.18 Å². The first kappa shape index (κ1) is 15.9. The Balaban J connectivity index is 1.42. The normalized spacial score (nSPS) is 16.1. The molecule has 2 aromatic carbocycles. The Morgan fingerprint density at radius 1 is 0.957 bits per heavy atom. The largest absolute Gasteiger partial charge is 0.493 e. The van der Waals surface area contributed by atoms with Crippen LogP contribution >= 0.6 is 0 Å². The maximum Gasteiger partial charge on any atom is 0.416 e. The molecule has 122 valence electrons. The lowest BCUT2D eigenvalue weighted by Gasteiger charge is -2.39. The van der Waals surface area contributed by atoms with Gasteiger partial charge in [-0.1, -0.05) is 30.3 Å². The summed E-state index contributed by atoms with van der Waals surface area (Å²) in [6, 6.07) is 15.1. The molecule has 0 atom stereocenters. The zero-order valence-corrected chi connectivity index (χ0v) is 12.6. The average molecular weight is 321 g/mol. The highest BCUT2D eigenvalue weighted by Gasteiger charge is 2.30. The molecule has 1 saturated heterocycles. The summed E-state index contributed by atoms with van der Waals surface area (Å²) in [7, 11) is 0. The zero-order chi connectivity index (χ0) is 16.3. The molecule has 0 spiro atoms. The molecule has 2 aromatic rings. The molecule has 0 saturated carbocycles. The van der Waals surface area contributed by atoms with Crippen LogP contribution in [0.15, 0.2) is 54.6 Å². The van der Waals surface area contributed by atoms with Gasteiger partial charge in [-0.3, -0.25) is 4.90 Å². The number of rotatable bonds is 5. The highest BCUT2D eigenvalue weighted by molar-refractivity contribution is 5.25. The van der Waals surface area contributed by atoms with Crippen molar-refractivity contribution in [1.82, 2.24) is 4.90 Å². The van der Waals surface area contributed by atoms with Gasteiger partial charge in [0.25, 0.3) is 0 Å². The van der Waals surface area contributed by atoms with Crippen molar-refractivity contribution in [3.8, 4) is 5.75 Å². The van der Waals surface area contributed by atoms with Crippen LogP contribution in [0.5, 0.6) is 5.75 Å². The van der Waals surface area contributed by atoms with Crippen molar-refractivity contribution in [2.24, 2.45) is 5.92 Å². The van der Waals surface area contributed by atoms with Crippen molar-refractivity contribution in [2.75, 3.05) is 19.7 Å². The van der Waals surface area contributed by atoms with Gasteiger partial charge in [-0.25, -0.2) is 0 Å². The minimum absolute atomic E-state index is 0.477. The second-order valence-corrected chi connectivity index (χ2v) is 5.88. The van der Waals surface area contributed by atoms with Crippen LogP contribution in [0.3, 0.4) is 0 Å². The van der Waals surface area contributed by atoms with Crippen molar-refractivity contribution in [1.29, 1.82) is 0 Å². The Bertz CT molecular complexity index is 619. The minimum Gasteiger partial charge on any atom is -0.493 e. The summed E-state index contributed by atoms with van der Waals surface area (Å²) in [5, 5.41) is 0. The minimum atomic E-state index is -4.27. The maximum atomic E-state index is 12.5. The standard InChI is InChI=1S/C18H18F3NO/c19-18(20,21)16-8-6-14(7-9-16)10-22-11-15(12-22)13-23-17-4-2-1-3-5-17/h1-9,15H,10-13H2. The Morgan fingerprint density at radius 3 is 2.22 bits per heavy atom. The number of halogens is 3. The second-order valence-electron chi connectivity index (χ2n) is 5.88. The summed E-state index contributed by atoms with van der Waals surface area (Å²) in [6.07, 6.45) is -4.27. The van der Waals surface area contributed by atoms with E-state index in [0.717, 1.165) is 36.5 Å². The average Bonchev–Trinajstić information content (AvgIpc) is 2.50. The number of hydrogen-bond donors (Lipinski definition) is 0. The van der Waals surface area contributed by atoms with Gasteiger partial charge in [-0.05, 0) is 29.8 Å². The summed E-state index contributed by atoms with van der Waals surface area (Å²) in [5.74, 6) is 1.35. The van der Waals surface area contributed by atoms with Crippen LogP contribution in [0.4, 0.5) is 13.2 Å². The van der Waals surface area contributed by atoms with Crippen LogP contribution in [-0.2, 0) is 12.7 Å². The monoisotopic (exact) mass is 321 g/mol. The molecule has 3 rings (SSSR count). The van der Waals surface area contributed by atoms with Gasteiger partial charge in [0.2, 0.25) is 0 Å². The van der Waals surface area contributed by atoms with Crippen LogP contribution in [0.2, 0.25) is 0 Å². The topological polar surface area (TPSA) is 12.5 Å². The molecule has 0 aromatic heterocycles. The predicted molar refractivity (Wildman–Crippen MR) is 82.1 cm³/mol. The van der Waals surface area contributed by atoms with Crippen LogP contribution in [0, 0.1) is 5.92 Å². The summed E-state index contributed by atoms with van der Waals surface area (Å²) >= 11 is 0. The van der Waals surface area contributed by atoms with E-state index in [1.807, 2.05) is 30.3 Å². The third kappa shape index (κ3) is 4.26. The molecular weight excluding hydrogens is 303 g/mol. The third-order valence-electron chi connectivity index (χ3n) is 3.95. The zero-order valence-electron chi connectivity index (χ0n) is 12.6. The molecule has 5 heteroatoms. The van der Waals surface area contributed by atoms with Gasteiger partial charge in [-0.2, -0.15) is 13.2 Å². The first-order chi connectivity index (χ1) is 11.0. The Kier molecular flexibility index (Phi) is 4.57. The molecule has 0 N–H and O–H groups in total. The fourth-order valence-corrected chi connectivity index (χ4v) is 2.70. The molecule has 0 amide bonds. The molecular formula is C18H18F3NO. The molecule has 1 aliphatic rings. The van der Waals surface area contributed by atoms with Crippen LogP contribution in [0.1, 0.15) is 11.1 Å². The first-order valence-corrected chi connectivity index (χ1v) is 7.57. The number of alkyl halides is 3. The number of likely N-dealkylation sites (tertiary alicyclic amines) is 1. The van der Waals surface area contributed by atoms with Crippen molar-refractivity contribution in [3.05, 3.63) is 65.7 Å². The van der Waals surface area contributed by atoms with Crippen LogP contribution in [-0.4, -0.2) is 24.6 Å². The number of nitrogens with zero attached hydrogens (tertiary/aromatic N) is 1.